The molecule has 6 heteroatoms. The zero-order chi connectivity index (χ0) is 12.3. The second-order valence-electron chi connectivity index (χ2n) is 4.98. The molecule has 5 nitrogen and oxygen atoms in total. The Morgan fingerprint density at radius 1 is 1.47 bits per heavy atom. The summed E-state index contributed by atoms with van der Waals surface area (Å²) in [7, 11) is 0. The van der Waals surface area contributed by atoms with Gasteiger partial charge in [-0.2, -0.15) is 0 Å². The van der Waals surface area contributed by atoms with E-state index in [0.29, 0.717) is 12.1 Å². The molecule has 0 amide bonds. The highest BCUT2D eigenvalue weighted by molar-refractivity contribution is 5.85. The molecule has 0 radical (unpaired) electrons. The van der Waals surface area contributed by atoms with Gasteiger partial charge >= 0.3 is 5.97 Å². The SMILES string of the molecule is CC(C)(C)Cc1cc(=O)n(CC(=O)O)cn1.Cl. The third kappa shape index (κ3) is 5.49. The van der Waals surface area contributed by atoms with Crippen LogP contribution < -0.4 is 5.56 Å². The summed E-state index contributed by atoms with van der Waals surface area (Å²) in [6.07, 6.45) is 1.98. The van der Waals surface area contributed by atoms with Crippen LogP contribution in [-0.2, 0) is 17.8 Å². The van der Waals surface area contributed by atoms with Crippen LogP contribution in [0.5, 0.6) is 0 Å². The van der Waals surface area contributed by atoms with Gasteiger partial charge in [-0.15, -0.1) is 12.4 Å². The van der Waals surface area contributed by atoms with Crippen molar-refractivity contribution in [2.24, 2.45) is 5.41 Å². The predicted molar refractivity (Wildman–Crippen MR) is 66.5 cm³/mol. The molecule has 0 atom stereocenters. The first kappa shape index (κ1) is 15.6. The van der Waals surface area contributed by atoms with Crippen LogP contribution in [0, 0.1) is 5.41 Å². The predicted octanol–water partition coefficient (Wildman–Crippen LogP) is 1.34. The van der Waals surface area contributed by atoms with E-state index in [1.165, 1.54) is 12.4 Å². The third-order valence-electron chi connectivity index (χ3n) is 1.95. The van der Waals surface area contributed by atoms with E-state index >= 15 is 0 Å². The molecule has 0 saturated carbocycles. The lowest BCUT2D eigenvalue weighted by atomic mass is 9.90. The van der Waals surface area contributed by atoms with E-state index in [9.17, 15) is 9.59 Å². The lowest BCUT2D eigenvalue weighted by Gasteiger charge is -2.17. The molecular formula is C11H17ClN2O3. The molecule has 1 N–H and O–H groups in total. The highest BCUT2D eigenvalue weighted by Crippen LogP contribution is 2.17. The molecule has 1 aromatic rings. The molecule has 0 bridgehead atoms. The zero-order valence-electron chi connectivity index (χ0n) is 10.1. The van der Waals surface area contributed by atoms with Gasteiger partial charge in [0.15, 0.2) is 0 Å². The Labute approximate surface area is 106 Å². The van der Waals surface area contributed by atoms with Crippen molar-refractivity contribution in [3.05, 3.63) is 28.4 Å². The number of aromatic nitrogens is 2. The van der Waals surface area contributed by atoms with Crippen LogP contribution in [0.3, 0.4) is 0 Å². The Kier molecular flexibility index (Phi) is 5.35. The molecule has 0 aliphatic carbocycles. The Hall–Kier alpha value is -1.36. The van der Waals surface area contributed by atoms with Gasteiger partial charge in [0.1, 0.15) is 6.54 Å². The van der Waals surface area contributed by atoms with Crippen molar-refractivity contribution < 1.29 is 9.90 Å². The second-order valence-corrected chi connectivity index (χ2v) is 4.98. The number of carboxylic acid groups (broad SMARTS) is 1. The van der Waals surface area contributed by atoms with Crippen molar-refractivity contribution in [2.45, 2.75) is 33.7 Å². The summed E-state index contributed by atoms with van der Waals surface area (Å²) in [4.78, 5) is 26.0. The van der Waals surface area contributed by atoms with E-state index < -0.39 is 5.97 Å². The van der Waals surface area contributed by atoms with Gasteiger partial charge in [-0.1, -0.05) is 20.8 Å². The van der Waals surface area contributed by atoms with Crippen LogP contribution >= 0.6 is 12.4 Å². The van der Waals surface area contributed by atoms with Crippen molar-refractivity contribution in [1.29, 1.82) is 0 Å². The number of carbonyl (C=O) groups is 1. The average Bonchev–Trinajstić information content (AvgIpc) is 2.06. The number of rotatable bonds is 3. The monoisotopic (exact) mass is 260 g/mol. The fraction of sp³-hybridized carbons (Fsp3) is 0.545. The van der Waals surface area contributed by atoms with E-state index in [2.05, 4.69) is 25.8 Å². The maximum atomic E-state index is 11.5. The third-order valence-corrected chi connectivity index (χ3v) is 1.95. The second kappa shape index (κ2) is 5.82. The van der Waals surface area contributed by atoms with E-state index in [0.717, 1.165) is 4.57 Å². The summed E-state index contributed by atoms with van der Waals surface area (Å²) in [6, 6.07) is 1.40. The molecular weight excluding hydrogens is 244 g/mol. The molecule has 1 rings (SSSR count). The minimum Gasteiger partial charge on any atom is -0.480 e. The van der Waals surface area contributed by atoms with Gasteiger partial charge in [0, 0.05) is 11.8 Å². The van der Waals surface area contributed by atoms with Gasteiger partial charge in [0.2, 0.25) is 0 Å². The van der Waals surface area contributed by atoms with Crippen molar-refractivity contribution in [3.8, 4) is 0 Å². The van der Waals surface area contributed by atoms with E-state index in [-0.39, 0.29) is 29.9 Å². The lowest BCUT2D eigenvalue weighted by Crippen LogP contribution is -2.25. The van der Waals surface area contributed by atoms with Crippen LogP contribution in [0.25, 0.3) is 0 Å². The quantitative estimate of drug-likeness (QED) is 0.890. The number of halogens is 1. The molecule has 17 heavy (non-hydrogen) atoms. The molecule has 0 unspecified atom stereocenters. The molecule has 0 aliphatic heterocycles. The maximum absolute atomic E-state index is 11.5. The zero-order valence-corrected chi connectivity index (χ0v) is 11.0. The summed E-state index contributed by atoms with van der Waals surface area (Å²) >= 11 is 0. The van der Waals surface area contributed by atoms with Gasteiger partial charge in [-0.05, 0) is 11.8 Å². The molecule has 1 aromatic heterocycles. The normalized spacial score (nSPS) is 10.8. The minimum absolute atomic E-state index is 0. The molecule has 96 valence electrons. The largest absolute Gasteiger partial charge is 0.480 e. The number of aliphatic carboxylic acids is 1. The highest BCUT2D eigenvalue weighted by Gasteiger charge is 2.13. The fourth-order valence-electron chi connectivity index (χ4n) is 1.37. The lowest BCUT2D eigenvalue weighted by molar-refractivity contribution is -0.137. The van der Waals surface area contributed by atoms with Crippen LogP contribution in [0.1, 0.15) is 26.5 Å². The van der Waals surface area contributed by atoms with Crippen LogP contribution in [0.2, 0.25) is 0 Å². The summed E-state index contributed by atoms with van der Waals surface area (Å²) in [6.45, 7) is 5.81. The van der Waals surface area contributed by atoms with Crippen LogP contribution in [0.15, 0.2) is 17.2 Å². The Bertz CT molecular complexity index is 449. The van der Waals surface area contributed by atoms with Gasteiger partial charge in [-0.3, -0.25) is 14.2 Å². The van der Waals surface area contributed by atoms with Crippen LogP contribution in [0.4, 0.5) is 0 Å². The van der Waals surface area contributed by atoms with Crippen LogP contribution in [-0.4, -0.2) is 20.6 Å². The summed E-state index contributed by atoms with van der Waals surface area (Å²) in [5.74, 6) is -1.05. The summed E-state index contributed by atoms with van der Waals surface area (Å²) in [5, 5.41) is 8.56. The summed E-state index contributed by atoms with van der Waals surface area (Å²) < 4.78 is 1.08. The number of hydrogen-bond acceptors (Lipinski definition) is 3. The molecule has 0 fully saturated rings. The summed E-state index contributed by atoms with van der Waals surface area (Å²) in [5.41, 5.74) is 0.425. The molecule has 0 aliphatic rings. The van der Waals surface area contributed by atoms with Crippen molar-refractivity contribution in [3.63, 3.8) is 0 Å². The first-order valence-corrected chi connectivity index (χ1v) is 5.05. The first-order chi connectivity index (χ1) is 7.28. The highest BCUT2D eigenvalue weighted by atomic mass is 35.5. The van der Waals surface area contributed by atoms with Gasteiger partial charge in [0.25, 0.3) is 5.56 Å². The smallest absolute Gasteiger partial charge is 0.323 e. The average molecular weight is 261 g/mol. The molecule has 0 saturated heterocycles. The Morgan fingerprint density at radius 3 is 2.47 bits per heavy atom. The van der Waals surface area contributed by atoms with Gasteiger partial charge < -0.3 is 5.11 Å². The van der Waals surface area contributed by atoms with Crippen molar-refractivity contribution in [2.75, 3.05) is 0 Å². The molecule has 0 aromatic carbocycles. The van der Waals surface area contributed by atoms with Gasteiger partial charge in [-0.25, -0.2) is 4.98 Å². The topological polar surface area (TPSA) is 72.2 Å². The van der Waals surface area contributed by atoms with E-state index in [1.54, 1.807) is 0 Å². The molecule has 0 spiro atoms. The number of carboxylic acids is 1. The van der Waals surface area contributed by atoms with E-state index in [4.69, 9.17) is 5.11 Å². The Balaban J connectivity index is 0.00000256. The van der Waals surface area contributed by atoms with Crippen molar-refractivity contribution >= 4 is 18.4 Å². The van der Waals surface area contributed by atoms with E-state index in [1.807, 2.05) is 0 Å². The number of nitrogens with zero attached hydrogens (tertiary/aromatic N) is 2. The fourth-order valence-corrected chi connectivity index (χ4v) is 1.37. The maximum Gasteiger partial charge on any atom is 0.323 e. The first-order valence-electron chi connectivity index (χ1n) is 5.05. The number of hydrogen-bond donors (Lipinski definition) is 1. The molecule has 1 heterocycles. The standard InChI is InChI=1S/C11H16N2O3.ClH/c1-11(2,3)5-8-4-9(14)13(7-12-8)6-10(15)16;/h4,7H,5-6H2,1-3H3,(H,15,16);1H. The van der Waals surface area contributed by atoms with Gasteiger partial charge in [0.05, 0.1) is 6.33 Å². The van der Waals surface area contributed by atoms with Crippen molar-refractivity contribution in [1.82, 2.24) is 9.55 Å². The minimum atomic E-state index is -1.05. The Morgan fingerprint density at radius 2 is 2.06 bits per heavy atom.